The van der Waals surface area contributed by atoms with Crippen molar-refractivity contribution in [3.8, 4) is 0 Å². The molecule has 0 fully saturated rings. The molecule has 0 aliphatic carbocycles. The zero-order valence-electron chi connectivity index (χ0n) is 55.4. The Morgan fingerprint density at radius 1 is 0.104 bits per heavy atom. The van der Waals surface area contributed by atoms with Crippen molar-refractivity contribution in [1.29, 1.82) is 0 Å². The number of hydrogen-bond acceptors (Lipinski definition) is 0. The standard InChI is InChI=1S/C76H156P/c1-5-9-13-17-21-25-29-33-37-41-45-49-53-57-61-65-69-73-77(74-70-66-62-58-54-50-46-42-38-34-30-26-22-18-14-10-6-2,75-71-67-63-59-55-51-47-43-39-35-31-27-23-19-15-11-7-3)76-72-68-64-60-56-52-48-44-40-36-32-28-24-20-16-12-8-4/h5-76H2,1-4H3/q+1. The van der Waals surface area contributed by atoms with E-state index in [0.29, 0.717) is 0 Å². The van der Waals surface area contributed by atoms with Gasteiger partial charge >= 0.3 is 0 Å². The minimum atomic E-state index is -0.855. The van der Waals surface area contributed by atoms with Gasteiger partial charge in [-0.25, -0.2) is 0 Å². The number of rotatable bonds is 72. The molecule has 0 saturated heterocycles. The SMILES string of the molecule is CCCCCCCCCCCCCCCCCCC[P+](CCCCCCCCCCCCCCCCCCC)(CCCCCCCCCCCCCCCCCCC)CCCCCCCCCCCCCCCCCCC. The molecule has 0 saturated carbocycles. The van der Waals surface area contributed by atoms with E-state index in [2.05, 4.69) is 27.7 Å². The quantitative estimate of drug-likeness (QED) is 0.0421. The Kier molecular flexibility index (Phi) is 71.1. The third-order valence-electron chi connectivity index (χ3n) is 18.9. The molecule has 0 N–H and O–H groups in total. The van der Waals surface area contributed by atoms with Crippen molar-refractivity contribution in [3.05, 3.63) is 0 Å². The Balaban J connectivity index is 4.97. The average molecular weight is 1100 g/mol. The highest BCUT2D eigenvalue weighted by atomic mass is 31.2. The van der Waals surface area contributed by atoms with E-state index in [1.54, 1.807) is 50.3 Å². The summed E-state index contributed by atoms with van der Waals surface area (Å²) in [5.41, 5.74) is 0. The lowest BCUT2D eigenvalue weighted by Gasteiger charge is -2.28. The van der Waals surface area contributed by atoms with E-state index < -0.39 is 7.26 Å². The van der Waals surface area contributed by atoms with Gasteiger partial charge in [0.05, 0.1) is 24.6 Å². The van der Waals surface area contributed by atoms with Crippen molar-refractivity contribution >= 4 is 7.26 Å². The maximum Gasteiger partial charge on any atom is 0.0594 e. The molecule has 77 heavy (non-hydrogen) atoms. The molecule has 0 aromatic heterocycles. The van der Waals surface area contributed by atoms with Crippen LogP contribution in [-0.2, 0) is 0 Å². The predicted octanol–water partition coefficient (Wildman–Crippen LogP) is 29.6. The summed E-state index contributed by atoms with van der Waals surface area (Å²) in [6.07, 6.45) is 108. The molecule has 0 spiro atoms. The fraction of sp³-hybridized carbons (Fsp3) is 1.00. The first kappa shape index (κ1) is 77.4. The normalized spacial score (nSPS) is 12.0. The van der Waals surface area contributed by atoms with Gasteiger partial charge in [-0.3, -0.25) is 0 Å². The van der Waals surface area contributed by atoms with Crippen LogP contribution < -0.4 is 0 Å². The first-order chi connectivity index (χ1) is 38.2. The maximum atomic E-state index is 2.33. The van der Waals surface area contributed by atoms with E-state index in [4.69, 9.17) is 0 Å². The molecule has 0 aliphatic heterocycles. The van der Waals surface area contributed by atoms with Crippen LogP contribution in [0.15, 0.2) is 0 Å². The molecule has 464 valence electrons. The summed E-state index contributed by atoms with van der Waals surface area (Å²) in [6.45, 7) is 9.34. The molecule has 0 aromatic carbocycles. The zero-order valence-corrected chi connectivity index (χ0v) is 56.3. The van der Waals surface area contributed by atoms with E-state index in [1.807, 2.05) is 0 Å². The van der Waals surface area contributed by atoms with Gasteiger partial charge in [-0.15, -0.1) is 0 Å². The van der Waals surface area contributed by atoms with Crippen LogP contribution in [0.4, 0.5) is 0 Å². The fourth-order valence-electron chi connectivity index (χ4n) is 13.4. The van der Waals surface area contributed by atoms with Gasteiger partial charge in [0.15, 0.2) is 0 Å². The lowest BCUT2D eigenvalue weighted by atomic mass is 10.0. The molecular weight excluding hydrogens is 944 g/mol. The molecule has 0 rings (SSSR count). The van der Waals surface area contributed by atoms with Crippen molar-refractivity contribution in [2.45, 2.75) is 464 Å². The fourth-order valence-corrected chi connectivity index (χ4v) is 18.3. The molecular formula is C76H156P+. The second-order valence-corrected chi connectivity index (χ2v) is 31.3. The van der Waals surface area contributed by atoms with Crippen LogP contribution in [-0.4, -0.2) is 24.6 Å². The van der Waals surface area contributed by atoms with Gasteiger partial charge in [-0.1, -0.05) is 413 Å². The smallest absolute Gasteiger partial charge is 0.0594 e. The lowest BCUT2D eigenvalue weighted by Crippen LogP contribution is -2.13. The summed E-state index contributed by atoms with van der Waals surface area (Å²) >= 11 is 0. The highest BCUT2D eigenvalue weighted by molar-refractivity contribution is 7.75. The second kappa shape index (κ2) is 70.7. The van der Waals surface area contributed by atoms with Gasteiger partial charge in [0.25, 0.3) is 0 Å². The second-order valence-electron chi connectivity index (χ2n) is 26.9. The van der Waals surface area contributed by atoms with Crippen LogP contribution in [0, 0.1) is 0 Å². The summed E-state index contributed by atoms with van der Waals surface area (Å²) in [6, 6.07) is 0. The Morgan fingerprint density at radius 3 is 0.273 bits per heavy atom. The molecule has 0 nitrogen and oxygen atoms in total. The number of hydrogen-bond donors (Lipinski definition) is 0. The molecule has 0 atom stereocenters. The van der Waals surface area contributed by atoms with E-state index in [1.165, 1.54) is 411 Å². The van der Waals surface area contributed by atoms with E-state index >= 15 is 0 Å². The third-order valence-corrected chi connectivity index (χ3v) is 24.0. The third kappa shape index (κ3) is 65.5. The van der Waals surface area contributed by atoms with Gasteiger partial charge in [-0.05, 0) is 51.4 Å². The van der Waals surface area contributed by atoms with Crippen molar-refractivity contribution in [3.63, 3.8) is 0 Å². The lowest BCUT2D eigenvalue weighted by molar-refractivity contribution is 0.527. The summed E-state index contributed by atoms with van der Waals surface area (Å²) in [7, 11) is -0.855. The van der Waals surface area contributed by atoms with Gasteiger partial charge in [0, 0.05) is 7.26 Å². The minimum absolute atomic E-state index is 0.855. The Labute approximate surface area is 493 Å². The predicted molar refractivity (Wildman–Crippen MR) is 363 cm³/mol. The molecule has 1 heteroatoms. The van der Waals surface area contributed by atoms with Gasteiger partial charge in [0.2, 0.25) is 0 Å². The zero-order chi connectivity index (χ0) is 55.4. The largest absolute Gasteiger partial charge is 0.0654 e. The molecule has 0 amide bonds. The van der Waals surface area contributed by atoms with Crippen molar-refractivity contribution in [2.24, 2.45) is 0 Å². The van der Waals surface area contributed by atoms with Gasteiger partial charge < -0.3 is 0 Å². The van der Waals surface area contributed by atoms with Crippen molar-refractivity contribution in [2.75, 3.05) is 24.6 Å². The highest BCUT2D eigenvalue weighted by Gasteiger charge is 2.35. The van der Waals surface area contributed by atoms with Crippen LogP contribution in [0.1, 0.15) is 464 Å². The Morgan fingerprint density at radius 2 is 0.182 bits per heavy atom. The first-order valence-electron chi connectivity index (χ1n) is 38.1. The summed E-state index contributed by atoms with van der Waals surface area (Å²) in [4.78, 5) is 0. The maximum absolute atomic E-state index is 2.33. The summed E-state index contributed by atoms with van der Waals surface area (Å²) in [5.74, 6) is 0. The molecule has 0 bridgehead atoms. The molecule has 0 aliphatic rings. The molecule has 0 radical (unpaired) electrons. The van der Waals surface area contributed by atoms with Crippen LogP contribution in [0.3, 0.4) is 0 Å². The monoisotopic (exact) mass is 1100 g/mol. The first-order valence-corrected chi connectivity index (χ1v) is 40.6. The number of unbranched alkanes of at least 4 members (excludes halogenated alkanes) is 64. The van der Waals surface area contributed by atoms with Crippen molar-refractivity contribution < 1.29 is 0 Å². The van der Waals surface area contributed by atoms with Crippen LogP contribution >= 0.6 is 7.26 Å². The molecule has 0 unspecified atom stereocenters. The average Bonchev–Trinajstić information content (AvgIpc) is 3.44. The van der Waals surface area contributed by atoms with E-state index in [0.717, 1.165) is 0 Å². The minimum Gasteiger partial charge on any atom is -0.0654 e. The van der Waals surface area contributed by atoms with Crippen LogP contribution in [0.5, 0.6) is 0 Å². The topological polar surface area (TPSA) is 0 Å². The Hall–Kier alpha value is 0.430. The Bertz CT molecular complexity index is 829. The molecule has 0 heterocycles. The summed E-state index contributed by atoms with van der Waals surface area (Å²) in [5, 5.41) is 0. The van der Waals surface area contributed by atoms with Crippen LogP contribution in [0.2, 0.25) is 0 Å². The van der Waals surface area contributed by atoms with Gasteiger partial charge in [-0.2, -0.15) is 0 Å². The van der Waals surface area contributed by atoms with Crippen molar-refractivity contribution in [1.82, 2.24) is 0 Å². The van der Waals surface area contributed by atoms with Gasteiger partial charge in [0.1, 0.15) is 0 Å². The summed E-state index contributed by atoms with van der Waals surface area (Å²) < 4.78 is 0. The highest BCUT2D eigenvalue weighted by Crippen LogP contribution is 2.61. The van der Waals surface area contributed by atoms with Crippen LogP contribution in [0.25, 0.3) is 0 Å². The van der Waals surface area contributed by atoms with E-state index in [-0.39, 0.29) is 0 Å². The van der Waals surface area contributed by atoms with E-state index in [9.17, 15) is 0 Å². The molecule has 0 aromatic rings.